The minimum Gasteiger partial charge on any atom is -0.340 e. The Morgan fingerprint density at radius 1 is 1.18 bits per heavy atom. The Labute approximate surface area is 168 Å². The number of hydrogen-bond acceptors (Lipinski definition) is 4. The minimum atomic E-state index is -0.812. The van der Waals surface area contributed by atoms with E-state index in [1.165, 1.54) is 12.1 Å². The SMILES string of the molecule is CCc1cccc(NC(=O)C(NC(=O)c2ccc(Cl)c([N+](=O)[O-])c2)C(C)C)c1. The zero-order valence-electron chi connectivity index (χ0n) is 15.9. The lowest BCUT2D eigenvalue weighted by Crippen LogP contribution is -2.47. The Balaban J connectivity index is 2.17. The molecule has 0 aromatic heterocycles. The number of hydrogen-bond donors (Lipinski definition) is 2. The molecule has 0 saturated heterocycles. The summed E-state index contributed by atoms with van der Waals surface area (Å²) in [6.45, 7) is 5.62. The fourth-order valence-electron chi connectivity index (χ4n) is 2.64. The number of anilines is 1. The molecule has 1 unspecified atom stereocenters. The molecule has 2 amide bonds. The Morgan fingerprint density at radius 2 is 1.89 bits per heavy atom. The maximum Gasteiger partial charge on any atom is 0.288 e. The summed E-state index contributed by atoms with van der Waals surface area (Å²) in [5, 5.41) is 16.4. The molecule has 0 bridgehead atoms. The molecule has 0 radical (unpaired) electrons. The van der Waals surface area contributed by atoms with Crippen molar-refractivity contribution in [3.63, 3.8) is 0 Å². The number of nitro groups is 1. The fraction of sp³-hybridized carbons (Fsp3) is 0.300. The van der Waals surface area contributed by atoms with Crippen LogP contribution < -0.4 is 10.6 Å². The molecule has 2 rings (SSSR count). The van der Waals surface area contributed by atoms with Gasteiger partial charge in [0, 0.05) is 17.3 Å². The van der Waals surface area contributed by atoms with Crippen molar-refractivity contribution in [3.8, 4) is 0 Å². The summed E-state index contributed by atoms with van der Waals surface area (Å²) >= 11 is 5.78. The summed E-state index contributed by atoms with van der Waals surface area (Å²) in [5.41, 5.74) is 1.42. The van der Waals surface area contributed by atoms with Crippen molar-refractivity contribution in [1.29, 1.82) is 0 Å². The summed E-state index contributed by atoms with van der Waals surface area (Å²) in [5.74, 6) is -1.14. The van der Waals surface area contributed by atoms with Crippen molar-refractivity contribution >= 4 is 34.8 Å². The van der Waals surface area contributed by atoms with Crippen LogP contribution in [-0.4, -0.2) is 22.8 Å². The van der Waals surface area contributed by atoms with E-state index in [1.54, 1.807) is 19.9 Å². The highest BCUT2D eigenvalue weighted by Gasteiger charge is 2.26. The highest BCUT2D eigenvalue weighted by Crippen LogP contribution is 2.25. The minimum absolute atomic E-state index is 0.0579. The van der Waals surface area contributed by atoms with Crippen LogP contribution in [0.4, 0.5) is 11.4 Å². The molecule has 1 atom stereocenters. The fourth-order valence-corrected chi connectivity index (χ4v) is 2.83. The van der Waals surface area contributed by atoms with Crippen molar-refractivity contribution in [3.05, 3.63) is 68.7 Å². The van der Waals surface area contributed by atoms with Crippen LogP contribution in [0.5, 0.6) is 0 Å². The van der Waals surface area contributed by atoms with Gasteiger partial charge in [-0.05, 0) is 42.2 Å². The number of carbonyl (C=O) groups is 2. The molecule has 2 N–H and O–H groups in total. The highest BCUT2D eigenvalue weighted by molar-refractivity contribution is 6.32. The molecule has 148 valence electrons. The van der Waals surface area contributed by atoms with E-state index in [-0.39, 0.29) is 28.1 Å². The van der Waals surface area contributed by atoms with Crippen LogP contribution >= 0.6 is 11.6 Å². The van der Waals surface area contributed by atoms with Crippen LogP contribution in [0.25, 0.3) is 0 Å². The number of benzene rings is 2. The van der Waals surface area contributed by atoms with Gasteiger partial charge in [0.15, 0.2) is 0 Å². The molecule has 8 heteroatoms. The molecule has 0 spiro atoms. The van der Waals surface area contributed by atoms with Crippen molar-refractivity contribution in [2.75, 3.05) is 5.32 Å². The lowest BCUT2D eigenvalue weighted by molar-refractivity contribution is -0.384. The first-order valence-corrected chi connectivity index (χ1v) is 9.25. The Kier molecular flexibility index (Phi) is 7.12. The second kappa shape index (κ2) is 9.32. The Hall–Kier alpha value is -2.93. The van der Waals surface area contributed by atoms with Crippen LogP contribution in [0.15, 0.2) is 42.5 Å². The summed E-state index contributed by atoms with van der Waals surface area (Å²) in [4.78, 5) is 35.6. The van der Waals surface area contributed by atoms with Crippen molar-refractivity contribution < 1.29 is 14.5 Å². The van der Waals surface area contributed by atoms with E-state index in [0.717, 1.165) is 18.1 Å². The van der Waals surface area contributed by atoms with E-state index in [4.69, 9.17) is 11.6 Å². The normalized spacial score (nSPS) is 11.8. The molecule has 0 saturated carbocycles. The molecule has 7 nitrogen and oxygen atoms in total. The third-order valence-electron chi connectivity index (χ3n) is 4.24. The van der Waals surface area contributed by atoms with Crippen molar-refractivity contribution in [1.82, 2.24) is 5.32 Å². The van der Waals surface area contributed by atoms with Crippen LogP contribution in [0.1, 0.15) is 36.7 Å². The first kappa shape index (κ1) is 21.4. The van der Waals surface area contributed by atoms with Crippen molar-refractivity contribution in [2.24, 2.45) is 5.92 Å². The molecule has 0 fully saturated rings. The van der Waals surface area contributed by atoms with Crippen LogP contribution in [-0.2, 0) is 11.2 Å². The number of carbonyl (C=O) groups excluding carboxylic acids is 2. The molecule has 2 aromatic rings. The summed E-state index contributed by atoms with van der Waals surface area (Å²) in [7, 11) is 0. The smallest absolute Gasteiger partial charge is 0.288 e. The topological polar surface area (TPSA) is 101 Å². The molecule has 0 aliphatic heterocycles. The molecular weight excluding hydrogens is 382 g/mol. The molecule has 0 aliphatic rings. The highest BCUT2D eigenvalue weighted by atomic mass is 35.5. The average molecular weight is 404 g/mol. The van der Waals surface area contributed by atoms with E-state index >= 15 is 0 Å². The zero-order chi connectivity index (χ0) is 20.8. The number of amides is 2. The number of nitro benzene ring substituents is 1. The summed E-state index contributed by atoms with van der Waals surface area (Å²) < 4.78 is 0. The first-order chi connectivity index (χ1) is 13.2. The first-order valence-electron chi connectivity index (χ1n) is 8.87. The molecular formula is C20H22ClN3O4. The van der Waals surface area contributed by atoms with Gasteiger partial charge in [0.25, 0.3) is 11.6 Å². The van der Waals surface area contributed by atoms with E-state index < -0.39 is 16.9 Å². The van der Waals surface area contributed by atoms with Gasteiger partial charge in [-0.1, -0.05) is 44.5 Å². The van der Waals surface area contributed by atoms with E-state index in [9.17, 15) is 19.7 Å². The lowest BCUT2D eigenvalue weighted by atomic mass is 10.0. The second-order valence-electron chi connectivity index (χ2n) is 6.66. The number of nitrogens with one attached hydrogen (secondary N) is 2. The number of rotatable bonds is 7. The van der Waals surface area contributed by atoms with Crippen LogP contribution in [0.3, 0.4) is 0 Å². The van der Waals surface area contributed by atoms with Gasteiger partial charge in [-0.15, -0.1) is 0 Å². The predicted molar refractivity (Wildman–Crippen MR) is 109 cm³/mol. The van der Waals surface area contributed by atoms with Gasteiger partial charge in [-0.25, -0.2) is 0 Å². The third-order valence-corrected chi connectivity index (χ3v) is 4.56. The molecule has 0 aliphatic carbocycles. The zero-order valence-corrected chi connectivity index (χ0v) is 16.6. The van der Waals surface area contributed by atoms with Gasteiger partial charge in [-0.3, -0.25) is 19.7 Å². The molecule has 28 heavy (non-hydrogen) atoms. The van der Waals surface area contributed by atoms with Gasteiger partial charge >= 0.3 is 0 Å². The Morgan fingerprint density at radius 3 is 2.50 bits per heavy atom. The lowest BCUT2D eigenvalue weighted by Gasteiger charge is -2.22. The average Bonchev–Trinajstić information content (AvgIpc) is 2.65. The quantitative estimate of drug-likeness (QED) is 0.534. The van der Waals surface area contributed by atoms with Crippen molar-refractivity contribution in [2.45, 2.75) is 33.2 Å². The Bertz CT molecular complexity index is 899. The maximum absolute atomic E-state index is 12.7. The van der Waals surface area contributed by atoms with Crippen LogP contribution in [0, 0.1) is 16.0 Å². The van der Waals surface area contributed by atoms with Gasteiger partial charge in [-0.2, -0.15) is 0 Å². The third kappa shape index (κ3) is 5.29. The van der Waals surface area contributed by atoms with E-state index in [0.29, 0.717) is 5.69 Å². The largest absolute Gasteiger partial charge is 0.340 e. The van der Waals surface area contributed by atoms with Gasteiger partial charge in [0.1, 0.15) is 11.1 Å². The standard InChI is InChI=1S/C20H22ClN3O4/c1-4-13-6-5-7-15(10-13)22-20(26)18(12(2)3)23-19(25)14-8-9-16(21)17(11-14)24(27)28/h5-12,18H,4H2,1-3H3,(H,22,26)(H,23,25). The van der Waals surface area contributed by atoms with Gasteiger partial charge < -0.3 is 10.6 Å². The van der Waals surface area contributed by atoms with Gasteiger partial charge in [0.05, 0.1) is 4.92 Å². The summed E-state index contributed by atoms with van der Waals surface area (Å²) in [6, 6.07) is 10.4. The van der Waals surface area contributed by atoms with E-state index in [2.05, 4.69) is 10.6 Å². The predicted octanol–water partition coefficient (Wildman–Crippen LogP) is 4.20. The van der Waals surface area contributed by atoms with E-state index in [1.807, 2.05) is 25.1 Å². The number of nitrogens with zero attached hydrogens (tertiary/aromatic N) is 1. The molecule has 2 aromatic carbocycles. The molecule has 0 heterocycles. The van der Waals surface area contributed by atoms with Crippen LogP contribution in [0.2, 0.25) is 5.02 Å². The second-order valence-corrected chi connectivity index (χ2v) is 7.07. The maximum atomic E-state index is 12.7. The monoisotopic (exact) mass is 403 g/mol. The number of halogens is 1. The van der Waals surface area contributed by atoms with Gasteiger partial charge in [0.2, 0.25) is 5.91 Å². The number of aryl methyl sites for hydroxylation is 1. The summed E-state index contributed by atoms with van der Waals surface area (Å²) in [6.07, 6.45) is 0.837.